The Morgan fingerprint density at radius 3 is 2.96 bits per heavy atom. The molecule has 2 aromatic heterocycles. The van der Waals surface area contributed by atoms with Crippen molar-refractivity contribution in [2.75, 3.05) is 5.75 Å². The van der Waals surface area contributed by atoms with E-state index in [1.54, 1.807) is 23.0 Å². The first kappa shape index (κ1) is 18.7. The lowest BCUT2D eigenvalue weighted by molar-refractivity contribution is -0.119. The quantitative estimate of drug-likeness (QED) is 0.597. The van der Waals surface area contributed by atoms with Crippen LogP contribution in [0.3, 0.4) is 0 Å². The van der Waals surface area contributed by atoms with Crippen molar-refractivity contribution in [3.8, 4) is 0 Å². The zero-order chi connectivity index (χ0) is 19.4. The molecule has 0 spiro atoms. The molecule has 4 unspecified atom stereocenters. The minimum Gasteiger partial charge on any atom is -0.353 e. The Balaban J connectivity index is 1.26. The van der Waals surface area contributed by atoms with Gasteiger partial charge in [0.2, 0.25) is 5.91 Å². The van der Waals surface area contributed by atoms with E-state index >= 15 is 0 Å². The topological polar surface area (TPSA) is 64.0 Å². The Kier molecular flexibility index (Phi) is 4.78. The highest BCUT2D eigenvalue weighted by Gasteiger charge is 2.42. The molecule has 5 nitrogen and oxygen atoms in total. The Labute approximate surface area is 173 Å². The summed E-state index contributed by atoms with van der Waals surface area (Å²) in [5, 5.41) is 4.65. The molecule has 7 heteroatoms. The number of rotatable bonds is 5. The van der Waals surface area contributed by atoms with Crippen molar-refractivity contribution >= 4 is 39.2 Å². The molecule has 0 aromatic carbocycles. The first-order valence-electron chi connectivity index (χ1n) is 10.4. The molecule has 2 aromatic rings. The van der Waals surface area contributed by atoms with Crippen molar-refractivity contribution in [2.24, 2.45) is 24.8 Å². The van der Waals surface area contributed by atoms with Crippen molar-refractivity contribution in [1.82, 2.24) is 14.9 Å². The van der Waals surface area contributed by atoms with Crippen LogP contribution in [0.1, 0.15) is 49.5 Å². The predicted octanol–water partition coefficient (Wildman–Crippen LogP) is 3.52. The standard InChI is InChI=1S/C21H27N3O2S2/c1-11(15-9-12-6-7-13(15)8-12)22-17(25)10-27-21-23-19-18(20(26)24(21)2)14-4-3-5-16(14)28-19/h11-13,15H,3-10H2,1-2H3,(H,22,25). The van der Waals surface area contributed by atoms with Crippen LogP contribution in [0.4, 0.5) is 0 Å². The van der Waals surface area contributed by atoms with Gasteiger partial charge in [-0.15, -0.1) is 11.3 Å². The molecule has 0 saturated heterocycles. The van der Waals surface area contributed by atoms with E-state index in [4.69, 9.17) is 4.98 Å². The summed E-state index contributed by atoms with van der Waals surface area (Å²) in [6, 6.07) is 0.239. The van der Waals surface area contributed by atoms with E-state index in [0.717, 1.165) is 41.3 Å². The van der Waals surface area contributed by atoms with Crippen molar-refractivity contribution in [3.63, 3.8) is 0 Å². The van der Waals surface area contributed by atoms with Gasteiger partial charge in [0.05, 0.1) is 11.1 Å². The second-order valence-corrected chi connectivity index (χ2v) is 10.8. The second-order valence-electron chi connectivity index (χ2n) is 8.78. The summed E-state index contributed by atoms with van der Waals surface area (Å²) in [5.74, 6) is 2.69. The third-order valence-electron chi connectivity index (χ3n) is 7.06. The van der Waals surface area contributed by atoms with E-state index in [1.165, 1.54) is 47.9 Å². The lowest BCUT2D eigenvalue weighted by Gasteiger charge is -2.28. The fourth-order valence-electron chi connectivity index (χ4n) is 5.67. The minimum atomic E-state index is 0.0302. The molecule has 3 aliphatic rings. The first-order chi connectivity index (χ1) is 13.5. The zero-order valence-electron chi connectivity index (χ0n) is 16.5. The lowest BCUT2D eigenvalue weighted by atomic mass is 9.84. The molecule has 1 amide bonds. The Bertz CT molecular complexity index is 996. The van der Waals surface area contributed by atoms with E-state index in [9.17, 15) is 9.59 Å². The van der Waals surface area contributed by atoms with Crippen LogP contribution in [0.2, 0.25) is 0 Å². The van der Waals surface area contributed by atoms with Gasteiger partial charge in [-0.05, 0) is 68.8 Å². The predicted molar refractivity (Wildman–Crippen MR) is 114 cm³/mol. The van der Waals surface area contributed by atoms with Gasteiger partial charge in [-0.25, -0.2) is 4.98 Å². The molecule has 3 aliphatic carbocycles. The van der Waals surface area contributed by atoms with Crippen molar-refractivity contribution in [1.29, 1.82) is 0 Å². The molecule has 4 atom stereocenters. The number of nitrogens with one attached hydrogen (secondary N) is 1. The molecule has 2 heterocycles. The van der Waals surface area contributed by atoms with Gasteiger partial charge in [0, 0.05) is 18.0 Å². The highest BCUT2D eigenvalue weighted by atomic mass is 32.2. The SMILES string of the molecule is CC(NC(=O)CSc1nc2sc3c(c2c(=O)n1C)CCC3)C1CC2CCC1C2. The van der Waals surface area contributed by atoms with Crippen LogP contribution in [0, 0.1) is 17.8 Å². The molecular formula is C21H27N3O2S2. The van der Waals surface area contributed by atoms with E-state index < -0.39 is 0 Å². The van der Waals surface area contributed by atoms with Crippen LogP contribution in [-0.2, 0) is 24.7 Å². The number of aryl methyl sites for hydroxylation is 2. The number of amides is 1. The van der Waals surface area contributed by atoms with Gasteiger partial charge >= 0.3 is 0 Å². The normalized spacial score (nSPS) is 26.7. The third kappa shape index (κ3) is 3.11. The van der Waals surface area contributed by atoms with Crippen LogP contribution < -0.4 is 10.9 Å². The maximum absolute atomic E-state index is 12.9. The van der Waals surface area contributed by atoms with Crippen LogP contribution in [-0.4, -0.2) is 27.3 Å². The summed E-state index contributed by atoms with van der Waals surface area (Å²) in [7, 11) is 1.77. The molecule has 0 aliphatic heterocycles. The molecule has 2 fully saturated rings. The number of hydrogen-bond donors (Lipinski definition) is 1. The van der Waals surface area contributed by atoms with Crippen LogP contribution in [0.25, 0.3) is 10.2 Å². The first-order valence-corrected chi connectivity index (χ1v) is 12.2. The zero-order valence-corrected chi connectivity index (χ0v) is 18.1. The Hall–Kier alpha value is -1.34. The van der Waals surface area contributed by atoms with Crippen LogP contribution >= 0.6 is 23.1 Å². The van der Waals surface area contributed by atoms with E-state index in [2.05, 4.69) is 12.2 Å². The van der Waals surface area contributed by atoms with Crippen molar-refractivity contribution in [2.45, 2.75) is 63.1 Å². The average molecular weight is 418 g/mol. The number of nitrogens with zero attached hydrogens (tertiary/aromatic N) is 2. The summed E-state index contributed by atoms with van der Waals surface area (Å²) in [6.45, 7) is 2.15. The molecular weight excluding hydrogens is 390 g/mol. The minimum absolute atomic E-state index is 0.0302. The third-order valence-corrected chi connectivity index (χ3v) is 9.28. The number of fused-ring (bicyclic) bond motifs is 5. The smallest absolute Gasteiger partial charge is 0.262 e. The van der Waals surface area contributed by atoms with Gasteiger partial charge in [-0.1, -0.05) is 18.2 Å². The highest BCUT2D eigenvalue weighted by molar-refractivity contribution is 7.99. The average Bonchev–Trinajstić information content (AvgIpc) is 3.43. The fraction of sp³-hybridized carbons (Fsp3) is 0.667. The summed E-state index contributed by atoms with van der Waals surface area (Å²) in [6.07, 6.45) is 8.53. The number of carbonyl (C=O) groups is 1. The molecule has 2 bridgehead atoms. The molecule has 28 heavy (non-hydrogen) atoms. The molecule has 150 valence electrons. The number of thioether (sulfide) groups is 1. The van der Waals surface area contributed by atoms with E-state index in [-0.39, 0.29) is 17.5 Å². The van der Waals surface area contributed by atoms with Crippen molar-refractivity contribution < 1.29 is 4.79 Å². The maximum atomic E-state index is 12.9. The Morgan fingerprint density at radius 1 is 1.36 bits per heavy atom. The fourth-order valence-corrected chi connectivity index (χ4v) is 7.76. The number of thiophene rings is 1. The van der Waals surface area contributed by atoms with Gasteiger partial charge in [0.1, 0.15) is 4.83 Å². The largest absolute Gasteiger partial charge is 0.353 e. The summed E-state index contributed by atoms with van der Waals surface area (Å²) in [4.78, 5) is 32.3. The maximum Gasteiger partial charge on any atom is 0.262 e. The summed E-state index contributed by atoms with van der Waals surface area (Å²) >= 11 is 3.02. The molecule has 5 rings (SSSR count). The van der Waals surface area contributed by atoms with Gasteiger partial charge in [-0.2, -0.15) is 0 Å². The summed E-state index contributed by atoms with van der Waals surface area (Å²) in [5.41, 5.74) is 1.24. The van der Waals surface area contributed by atoms with Gasteiger partial charge in [-0.3, -0.25) is 14.2 Å². The van der Waals surface area contributed by atoms with Crippen LogP contribution in [0.5, 0.6) is 0 Å². The number of carbonyl (C=O) groups excluding carboxylic acids is 1. The molecule has 2 saturated carbocycles. The van der Waals surface area contributed by atoms with Gasteiger partial charge in [0.25, 0.3) is 5.56 Å². The van der Waals surface area contributed by atoms with Gasteiger partial charge in [0.15, 0.2) is 5.16 Å². The monoisotopic (exact) mass is 417 g/mol. The Morgan fingerprint density at radius 2 is 2.21 bits per heavy atom. The van der Waals surface area contributed by atoms with E-state index in [0.29, 0.717) is 16.8 Å². The second kappa shape index (κ2) is 7.17. The van der Waals surface area contributed by atoms with Crippen molar-refractivity contribution in [3.05, 3.63) is 20.8 Å². The number of hydrogen-bond acceptors (Lipinski definition) is 5. The molecule has 1 N–H and O–H groups in total. The van der Waals surface area contributed by atoms with E-state index in [1.807, 2.05) is 0 Å². The summed E-state index contributed by atoms with van der Waals surface area (Å²) < 4.78 is 1.62. The van der Waals surface area contributed by atoms with Crippen LogP contribution in [0.15, 0.2) is 9.95 Å². The lowest BCUT2D eigenvalue weighted by Crippen LogP contribution is -2.41. The number of aromatic nitrogens is 2. The molecule has 0 radical (unpaired) electrons. The van der Waals surface area contributed by atoms with Gasteiger partial charge < -0.3 is 5.32 Å². The highest BCUT2D eigenvalue weighted by Crippen LogP contribution is 2.49.